The summed E-state index contributed by atoms with van der Waals surface area (Å²) in [4.78, 5) is 18.7. The molecule has 0 spiro atoms. The first-order chi connectivity index (χ1) is 10.6. The molecule has 1 aromatic carbocycles. The smallest absolute Gasteiger partial charge is 0.269 e. The minimum atomic E-state index is -0.0431. The zero-order chi connectivity index (χ0) is 15.5. The largest absolute Gasteiger partial charge is 0.346 e. The van der Waals surface area contributed by atoms with Crippen molar-refractivity contribution in [3.8, 4) is 0 Å². The molecule has 0 unspecified atom stereocenters. The molecule has 1 aliphatic rings. The maximum atomic E-state index is 12.3. The van der Waals surface area contributed by atoms with E-state index in [-0.39, 0.29) is 11.9 Å². The van der Waals surface area contributed by atoms with Gasteiger partial charge in [0.25, 0.3) is 5.91 Å². The van der Waals surface area contributed by atoms with Crippen LogP contribution in [0.15, 0.2) is 42.9 Å². The molecular formula is C17H22N4O. The average Bonchev–Trinajstić information content (AvgIpc) is 3.06. The summed E-state index contributed by atoms with van der Waals surface area (Å²) in [5, 5.41) is 3.15. The van der Waals surface area contributed by atoms with Crippen LogP contribution < -0.4 is 5.32 Å². The average molecular weight is 298 g/mol. The fourth-order valence-electron chi connectivity index (χ4n) is 3.04. The van der Waals surface area contributed by atoms with Crippen molar-refractivity contribution in [2.24, 2.45) is 13.0 Å². The number of imidazole rings is 1. The molecule has 2 atom stereocenters. The van der Waals surface area contributed by atoms with E-state index in [0.717, 1.165) is 19.6 Å². The molecule has 2 aromatic rings. The van der Waals surface area contributed by atoms with E-state index in [9.17, 15) is 4.79 Å². The van der Waals surface area contributed by atoms with Gasteiger partial charge in [-0.15, -0.1) is 0 Å². The molecule has 0 bridgehead atoms. The summed E-state index contributed by atoms with van der Waals surface area (Å²) in [5.41, 5.74) is 1.92. The lowest BCUT2D eigenvalue weighted by atomic mass is 10.1. The summed E-state index contributed by atoms with van der Waals surface area (Å²) in [6.07, 6.45) is 3.26. The highest BCUT2D eigenvalue weighted by atomic mass is 16.2. The first kappa shape index (κ1) is 14.8. The van der Waals surface area contributed by atoms with Gasteiger partial charge in [-0.25, -0.2) is 4.98 Å². The molecular weight excluding hydrogens is 276 g/mol. The Kier molecular flexibility index (Phi) is 4.24. The highest BCUT2D eigenvalue weighted by Crippen LogP contribution is 2.19. The van der Waals surface area contributed by atoms with Gasteiger partial charge in [-0.2, -0.15) is 0 Å². The SMILES string of the molecule is C[C@H]1CN(Cc2ccccc2)C[C@H]1NC(=O)c1cncn1C. The molecule has 1 aromatic heterocycles. The Bertz CT molecular complexity index is 637. The quantitative estimate of drug-likeness (QED) is 0.934. The highest BCUT2D eigenvalue weighted by molar-refractivity contribution is 5.92. The molecule has 1 N–H and O–H groups in total. The van der Waals surface area contributed by atoms with E-state index < -0.39 is 0 Å². The summed E-state index contributed by atoms with van der Waals surface area (Å²) < 4.78 is 1.75. The van der Waals surface area contributed by atoms with Gasteiger partial charge in [0, 0.05) is 32.7 Å². The van der Waals surface area contributed by atoms with Crippen LogP contribution in [0.4, 0.5) is 0 Å². The van der Waals surface area contributed by atoms with Crippen molar-refractivity contribution in [2.75, 3.05) is 13.1 Å². The first-order valence-corrected chi connectivity index (χ1v) is 7.67. The van der Waals surface area contributed by atoms with Crippen LogP contribution in [0.3, 0.4) is 0 Å². The molecule has 1 saturated heterocycles. The van der Waals surface area contributed by atoms with Gasteiger partial charge in [0.2, 0.25) is 0 Å². The second-order valence-electron chi connectivity index (χ2n) is 6.13. The molecule has 116 valence electrons. The maximum absolute atomic E-state index is 12.3. The Morgan fingerprint density at radius 2 is 2.09 bits per heavy atom. The lowest BCUT2D eigenvalue weighted by Gasteiger charge is -2.17. The summed E-state index contributed by atoms with van der Waals surface area (Å²) in [6.45, 7) is 5.02. The van der Waals surface area contributed by atoms with E-state index in [1.807, 2.05) is 13.1 Å². The van der Waals surface area contributed by atoms with E-state index in [2.05, 4.69) is 46.4 Å². The number of carbonyl (C=O) groups is 1. The van der Waals surface area contributed by atoms with Crippen molar-refractivity contribution in [3.05, 3.63) is 54.1 Å². The minimum Gasteiger partial charge on any atom is -0.346 e. The minimum absolute atomic E-state index is 0.0431. The van der Waals surface area contributed by atoms with Crippen molar-refractivity contribution in [3.63, 3.8) is 0 Å². The van der Waals surface area contributed by atoms with Crippen LogP contribution in [0.5, 0.6) is 0 Å². The molecule has 1 fully saturated rings. The fourth-order valence-corrected chi connectivity index (χ4v) is 3.04. The number of hydrogen-bond acceptors (Lipinski definition) is 3. The number of amides is 1. The van der Waals surface area contributed by atoms with Gasteiger partial charge >= 0.3 is 0 Å². The highest BCUT2D eigenvalue weighted by Gasteiger charge is 2.31. The van der Waals surface area contributed by atoms with Crippen molar-refractivity contribution in [1.29, 1.82) is 0 Å². The number of rotatable bonds is 4. The third-order valence-electron chi connectivity index (χ3n) is 4.30. The third-order valence-corrected chi connectivity index (χ3v) is 4.30. The van der Waals surface area contributed by atoms with Crippen LogP contribution >= 0.6 is 0 Å². The Labute approximate surface area is 131 Å². The van der Waals surface area contributed by atoms with E-state index in [1.165, 1.54) is 5.56 Å². The number of likely N-dealkylation sites (tertiary alicyclic amines) is 1. The lowest BCUT2D eigenvalue weighted by molar-refractivity contribution is 0.0923. The van der Waals surface area contributed by atoms with E-state index in [4.69, 9.17) is 0 Å². The van der Waals surface area contributed by atoms with Crippen LogP contribution in [0, 0.1) is 5.92 Å². The summed E-state index contributed by atoms with van der Waals surface area (Å²) in [7, 11) is 1.84. The van der Waals surface area contributed by atoms with Crippen molar-refractivity contribution in [1.82, 2.24) is 19.8 Å². The Hall–Kier alpha value is -2.14. The number of aryl methyl sites for hydroxylation is 1. The van der Waals surface area contributed by atoms with E-state index >= 15 is 0 Å². The van der Waals surface area contributed by atoms with Crippen LogP contribution in [0.2, 0.25) is 0 Å². The molecule has 0 saturated carbocycles. The van der Waals surface area contributed by atoms with E-state index in [0.29, 0.717) is 11.6 Å². The first-order valence-electron chi connectivity index (χ1n) is 7.67. The van der Waals surface area contributed by atoms with E-state index in [1.54, 1.807) is 17.1 Å². The Morgan fingerprint density at radius 1 is 1.32 bits per heavy atom. The second-order valence-corrected chi connectivity index (χ2v) is 6.13. The van der Waals surface area contributed by atoms with Crippen LogP contribution in [0.1, 0.15) is 23.0 Å². The van der Waals surface area contributed by atoms with Crippen molar-refractivity contribution < 1.29 is 4.79 Å². The molecule has 5 nitrogen and oxygen atoms in total. The maximum Gasteiger partial charge on any atom is 0.269 e. The monoisotopic (exact) mass is 298 g/mol. The fraction of sp³-hybridized carbons (Fsp3) is 0.412. The predicted molar refractivity (Wildman–Crippen MR) is 85.3 cm³/mol. The molecule has 0 aliphatic carbocycles. The third kappa shape index (κ3) is 3.20. The number of benzene rings is 1. The topological polar surface area (TPSA) is 50.2 Å². The van der Waals surface area contributed by atoms with Gasteiger partial charge in [-0.05, 0) is 11.5 Å². The summed E-state index contributed by atoms with van der Waals surface area (Å²) >= 11 is 0. The number of nitrogens with zero attached hydrogens (tertiary/aromatic N) is 3. The van der Waals surface area contributed by atoms with Gasteiger partial charge < -0.3 is 9.88 Å². The normalized spacial score (nSPS) is 21.9. The Balaban J connectivity index is 1.59. The van der Waals surface area contributed by atoms with Crippen LogP contribution in [-0.2, 0) is 13.6 Å². The van der Waals surface area contributed by atoms with Gasteiger partial charge in [0.1, 0.15) is 5.69 Å². The number of aromatic nitrogens is 2. The molecule has 22 heavy (non-hydrogen) atoms. The molecule has 2 heterocycles. The van der Waals surface area contributed by atoms with Gasteiger partial charge in [-0.3, -0.25) is 9.69 Å². The zero-order valence-corrected chi connectivity index (χ0v) is 13.1. The number of carbonyl (C=O) groups excluding carboxylic acids is 1. The van der Waals surface area contributed by atoms with Gasteiger partial charge in [0.15, 0.2) is 0 Å². The lowest BCUT2D eigenvalue weighted by Crippen LogP contribution is -2.40. The molecule has 5 heteroatoms. The van der Waals surface area contributed by atoms with Crippen LogP contribution in [-0.4, -0.2) is 39.5 Å². The molecule has 3 rings (SSSR count). The predicted octanol–water partition coefficient (Wildman–Crippen LogP) is 1.67. The number of hydrogen-bond donors (Lipinski definition) is 1. The molecule has 1 amide bonds. The second kappa shape index (κ2) is 6.32. The van der Waals surface area contributed by atoms with Gasteiger partial charge in [0.05, 0.1) is 12.5 Å². The number of nitrogens with one attached hydrogen (secondary N) is 1. The Morgan fingerprint density at radius 3 is 2.77 bits per heavy atom. The molecule has 0 radical (unpaired) electrons. The van der Waals surface area contributed by atoms with Crippen molar-refractivity contribution >= 4 is 5.91 Å². The zero-order valence-electron chi connectivity index (χ0n) is 13.1. The summed E-state index contributed by atoms with van der Waals surface area (Å²) in [5.74, 6) is 0.402. The van der Waals surface area contributed by atoms with Crippen LogP contribution in [0.25, 0.3) is 0 Å². The van der Waals surface area contributed by atoms with Gasteiger partial charge in [-0.1, -0.05) is 37.3 Å². The summed E-state index contributed by atoms with van der Waals surface area (Å²) in [6, 6.07) is 10.6. The van der Waals surface area contributed by atoms with Crippen molar-refractivity contribution in [2.45, 2.75) is 19.5 Å². The standard InChI is InChI=1S/C17H22N4O/c1-13-9-21(10-14-6-4-3-5-7-14)11-15(13)19-17(22)16-8-18-12-20(16)2/h3-8,12-13,15H,9-11H2,1-2H3,(H,19,22)/t13-,15+/m0/s1. The molecule has 1 aliphatic heterocycles.